The first-order chi connectivity index (χ1) is 14.8. The first-order valence-corrected chi connectivity index (χ1v) is 11.1. The predicted octanol–water partition coefficient (Wildman–Crippen LogP) is 2.01. The molecule has 0 radical (unpaired) electrons. The smallest absolute Gasteiger partial charge is 0.247 e. The predicted molar refractivity (Wildman–Crippen MR) is 114 cm³/mol. The summed E-state index contributed by atoms with van der Waals surface area (Å²) in [5, 5.41) is 16.9. The number of primary sulfonamides is 1. The van der Waals surface area contributed by atoms with Crippen LogP contribution in [0.15, 0.2) is 64.0 Å². The number of rotatable bonds is 7. The largest absolute Gasteiger partial charge is 0.421 e. The van der Waals surface area contributed by atoms with Crippen molar-refractivity contribution in [1.29, 1.82) is 0 Å². The fourth-order valence-electron chi connectivity index (χ4n) is 3.27. The molecule has 4 rings (SSSR count). The van der Waals surface area contributed by atoms with Crippen molar-refractivity contribution in [2.75, 3.05) is 6.54 Å². The van der Waals surface area contributed by atoms with Gasteiger partial charge in [0.1, 0.15) is 6.54 Å². The maximum atomic E-state index is 12.4. The summed E-state index contributed by atoms with van der Waals surface area (Å²) in [7, 11) is -3.71. The van der Waals surface area contributed by atoms with Gasteiger partial charge in [0.05, 0.1) is 4.90 Å². The number of hydrogen-bond acceptors (Lipinski definition) is 6. The second-order valence-corrected chi connectivity index (χ2v) is 8.69. The third-order valence-electron chi connectivity index (χ3n) is 4.85. The molecule has 10 heteroatoms. The Kier molecular flexibility index (Phi) is 5.57. The van der Waals surface area contributed by atoms with Crippen LogP contribution in [0.25, 0.3) is 22.4 Å². The molecule has 0 aliphatic rings. The van der Waals surface area contributed by atoms with Crippen LogP contribution in [-0.2, 0) is 27.8 Å². The molecular formula is C21H21N5O4S. The Hall–Kier alpha value is -3.50. The number of carbonyl (C=O) groups excluding carboxylic acids is 1. The normalized spacial score (nSPS) is 11.7. The van der Waals surface area contributed by atoms with Gasteiger partial charge < -0.3 is 14.3 Å². The molecule has 0 saturated heterocycles. The van der Waals surface area contributed by atoms with Gasteiger partial charge in [0, 0.05) is 30.7 Å². The van der Waals surface area contributed by atoms with Crippen LogP contribution in [0.1, 0.15) is 11.5 Å². The van der Waals surface area contributed by atoms with Crippen molar-refractivity contribution in [2.45, 2.75) is 24.8 Å². The van der Waals surface area contributed by atoms with E-state index in [4.69, 9.17) is 9.56 Å². The molecule has 0 saturated carbocycles. The summed E-state index contributed by atoms with van der Waals surface area (Å²) in [6, 6.07) is 14.0. The van der Waals surface area contributed by atoms with Gasteiger partial charge in [-0.05, 0) is 47.7 Å². The van der Waals surface area contributed by atoms with Crippen LogP contribution in [0.3, 0.4) is 0 Å². The Labute approximate surface area is 178 Å². The van der Waals surface area contributed by atoms with E-state index < -0.39 is 10.0 Å². The summed E-state index contributed by atoms with van der Waals surface area (Å²) in [6.45, 7) is 2.33. The van der Waals surface area contributed by atoms with Crippen molar-refractivity contribution in [1.82, 2.24) is 20.1 Å². The molecule has 9 nitrogen and oxygen atoms in total. The molecule has 160 valence electrons. The van der Waals surface area contributed by atoms with E-state index in [1.165, 1.54) is 12.1 Å². The average molecular weight is 439 g/mol. The number of aromatic nitrogens is 3. The summed E-state index contributed by atoms with van der Waals surface area (Å²) < 4.78 is 29.9. The molecule has 3 N–H and O–H groups in total. The zero-order chi connectivity index (χ0) is 22.0. The first-order valence-electron chi connectivity index (χ1n) is 9.57. The number of nitrogens with zero attached hydrogens (tertiary/aromatic N) is 3. The van der Waals surface area contributed by atoms with E-state index in [1.807, 2.05) is 35.0 Å². The Bertz CT molecular complexity index is 1340. The number of sulfonamides is 1. The lowest BCUT2D eigenvalue weighted by Crippen LogP contribution is -2.29. The molecule has 0 atom stereocenters. The molecular weight excluding hydrogens is 418 g/mol. The van der Waals surface area contributed by atoms with Crippen molar-refractivity contribution >= 4 is 26.8 Å². The highest BCUT2D eigenvalue weighted by Crippen LogP contribution is 2.24. The van der Waals surface area contributed by atoms with Gasteiger partial charge in [-0.2, -0.15) is 0 Å². The SMILES string of the molecule is Cc1nnc(-c2ccc3ccn(CC(=O)NCCc4ccc(S(N)(=O)=O)cc4)c3c2)o1. The molecule has 0 unspecified atom stereocenters. The molecule has 0 aliphatic heterocycles. The summed E-state index contributed by atoms with van der Waals surface area (Å²) in [5.74, 6) is 0.798. The summed E-state index contributed by atoms with van der Waals surface area (Å²) in [6.07, 6.45) is 2.43. The zero-order valence-electron chi connectivity index (χ0n) is 16.8. The van der Waals surface area contributed by atoms with Crippen LogP contribution in [0.4, 0.5) is 0 Å². The standard InChI is InChI=1S/C21H21N5O4S/c1-14-24-25-21(30-14)17-5-4-16-9-11-26(19(16)12-17)13-20(27)23-10-8-15-2-6-18(7-3-15)31(22,28)29/h2-7,9,11-12H,8,10,13H2,1H3,(H,23,27)(H2,22,28,29). The van der Waals surface area contributed by atoms with Gasteiger partial charge in [-0.1, -0.05) is 18.2 Å². The molecule has 1 amide bonds. The van der Waals surface area contributed by atoms with Gasteiger partial charge in [-0.15, -0.1) is 10.2 Å². The fourth-order valence-corrected chi connectivity index (χ4v) is 3.79. The zero-order valence-corrected chi connectivity index (χ0v) is 17.6. The third-order valence-corrected chi connectivity index (χ3v) is 5.78. The molecule has 2 aromatic heterocycles. The number of benzene rings is 2. The summed E-state index contributed by atoms with van der Waals surface area (Å²) in [4.78, 5) is 12.5. The number of nitrogens with one attached hydrogen (secondary N) is 1. The molecule has 2 heterocycles. The Morgan fingerprint density at radius 1 is 1.13 bits per heavy atom. The number of nitrogens with two attached hydrogens (primary N) is 1. The molecule has 0 aliphatic carbocycles. The van der Waals surface area contributed by atoms with Gasteiger partial charge in [-0.25, -0.2) is 13.6 Å². The molecule has 2 aromatic carbocycles. The lowest BCUT2D eigenvalue weighted by atomic mass is 10.1. The van der Waals surface area contributed by atoms with E-state index in [0.29, 0.717) is 24.7 Å². The monoisotopic (exact) mass is 439 g/mol. The van der Waals surface area contributed by atoms with E-state index >= 15 is 0 Å². The summed E-state index contributed by atoms with van der Waals surface area (Å²) >= 11 is 0. The lowest BCUT2D eigenvalue weighted by Gasteiger charge is -2.08. The highest BCUT2D eigenvalue weighted by atomic mass is 32.2. The summed E-state index contributed by atoms with van der Waals surface area (Å²) in [5.41, 5.74) is 2.58. The minimum absolute atomic E-state index is 0.0647. The molecule has 4 aromatic rings. The van der Waals surface area contributed by atoms with E-state index in [0.717, 1.165) is 22.0 Å². The van der Waals surface area contributed by atoms with Crippen molar-refractivity contribution in [2.24, 2.45) is 5.14 Å². The third kappa shape index (κ3) is 4.81. The van der Waals surface area contributed by atoms with E-state index in [2.05, 4.69) is 15.5 Å². The number of amides is 1. The van der Waals surface area contributed by atoms with Gasteiger partial charge in [0.25, 0.3) is 0 Å². The number of aryl methyl sites for hydroxylation is 1. The van der Waals surface area contributed by atoms with Crippen LogP contribution in [0.5, 0.6) is 0 Å². The van der Waals surface area contributed by atoms with Gasteiger partial charge in [0.15, 0.2) is 0 Å². The lowest BCUT2D eigenvalue weighted by molar-refractivity contribution is -0.121. The Balaban J connectivity index is 1.38. The highest BCUT2D eigenvalue weighted by molar-refractivity contribution is 7.89. The Morgan fingerprint density at radius 2 is 1.90 bits per heavy atom. The minimum atomic E-state index is -3.71. The van der Waals surface area contributed by atoms with Crippen LogP contribution >= 0.6 is 0 Å². The van der Waals surface area contributed by atoms with Crippen molar-refractivity contribution in [3.05, 3.63) is 66.2 Å². The van der Waals surface area contributed by atoms with Crippen LogP contribution in [-0.4, -0.2) is 35.6 Å². The molecule has 0 bridgehead atoms. The quantitative estimate of drug-likeness (QED) is 0.452. The fraction of sp³-hybridized carbons (Fsp3) is 0.190. The van der Waals surface area contributed by atoms with Gasteiger partial charge in [0.2, 0.25) is 27.7 Å². The van der Waals surface area contributed by atoms with Gasteiger partial charge >= 0.3 is 0 Å². The highest BCUT2D eigenvalue weighted by Gasteiger charge is 2.11. The van der Waals surface area contributed by atoms with Crippen molar-refractivity contribution < 1.29 is 17.6 Å². The van der Waals surface area contributed by atoms with Crippen molar-refractivity contribution in [3.63, 3.8) is 0 Å². The number of carbonyl (C=O) groups is 1. The maximum Gasteiger partial charge on any atom is 0.247 e. The minimum Gasteiger partial charge on any atom is -0.421 e. The second-order valence-electron chi connectivity index (χ2n) is 7.13. The van der Waals surface area contributed by atoms with Crippen LogP contribution < -0.4 is 10.5 Å². The molecule has 0 fully saturated rings. The maximum absolute atomic E-state index is 12.4. The van der Waals surface area contributed by atoms with E-state index in [9.17, 15) is 13.2 Å². The molecule has 0 spiro atoms. The topological polar surface area (TPSA) is 133 Å². The van der Waals surface area contributed by atoms with E-state index in [1.54, 1.807) is 19.1 Å². The Morgan fingerprint density at radius 3 is 2.58 bits per heavy atom. The van der Waals surface area contributed by atoms with Crippen molar-refractivity contribution in [3.8, 4) is 11.5 Å². The van der Waals surface area contributed by atoms with Crippen LogP contribution in [0, 0.1) is 6.92 Å². The van der Waals surface area contributed by atoms with Crippen LogP contribution in [0.2, 0.25) is 0 Å². The average Bonchev–Trinajstić information content (AvgIpc) is 3.34. The molecule has 31 heavy (non-hydrogen) atoms. The van der Waals surface area contributed by atoms with E-state index in [-0.39, 0.29) is 17.3 Å². The first kappa shape index (κ1) is 20.8. The number of fused-ring (bicyclic) bond motifs is 1. The van der Waals surface area contributed by atoms with Gasteiger partial charge in [-0.3, -0.25) is 4.79 Å². The number of hydrogen-bond donors (Lipinski definition) is 2. The second kappa shape index (κ2) is 8.32.